The Kier molecular flexibility index (Phi) is 4.38. The third-order valence-corrected chi connectivity index (χ3v) is 6.55. The van der Waals surface area contributed by atoms with Gasteiger partial charge in [0.2, 0.25) is 0 Å². The number of nitrogens with one attached hydrogen (secondary N) is 1. The van der Waals surface area contributed by atoms with Crippen LogP contribution < -0.4 is 15.5 Å². The summed E-state index contributed by atoms with van der Waals surface area (Å²) in [6.07, 6.45) is 7.98. The summed E-state index contributed by atoms with van der Waals surface area (Å²) in [7, 11) is 0. The van der Waals surface area contributed by atoms with E-state index < -0.39 is 0 Å². The number of aromatic amines is 1. The lowest BCUT2D eigenvalue weighted by Crippen LogP contribution is -2.42. The fourth-order valence-corrected chi connectivity index (χ4v) is 4.49. The summed E-state index contributed by atoms with van der Waals surface area (Å²) in [6, 6.07) is 2.06. The molecule has 3 aromatic rings. The minimum absolute atomic E-state index is 0.239. The molecule has 0 aromatic carbocycles. The van der Waals surface area contributed by atoms with Gasteiger partial charge < -0.3 is 15.5 Å². The highest BCUT2D eigenvalue weighted by Crippen LogP contribution is 2.37. The maximum Gasteiger partial charge on any atom is 0.183 e. The molecular formula is C21H28N8. The Labute approximate surface area is 170 Å². The molecule has 152 valence electrons. The largest absolute Gasteiger partial charge is 0.355 e. The molecule has 3 aromatic heterocycles. The van der Waals surface area contributed by atoms with Crippen molar-refractivity contribution in [2.75, 3.05) is 36.0 Å². The second-order valence-corrected chi connectivity index (χ2v) is 8.65. The fourth-order valence-electron chi connectivity index (χ4n) is 4.49. The van der Waals surface area contributed by atoms with Crippen LogP contribution in [0.25, 0.3) is 11.2 Å². The summed E-state index contributed by atoms with van der Waals surface area (Å²) >= 11 is 0. The minimum atomic E-state index is 0.239. The summed E-state index contributed by atoms with van der Waals surface area (Å²) in [5, 5.41) is 7.70. The Balaban J connectivity index is 1.46. The molecule has 8 nitrogen and oxygen atoms in total. The number of anilines is 3. The molecule has 0 saturated carbocycles. The Morgan fingerprint density at radius 1 is 1.21 bits per heavy atom. The van der Waals surface area contributed by atoms with Crippen molar-refractivity contribution in [1.29, 1.82) is 0 Å². The first kappa shape index (κ1) is 18.3. The van der Waals surface area contributed by atoms with E-state index >= 15 is 0 Å². The first-order chi connectivity index (χ1) is 14.1. The van der Waals surface area contributed by atoms with Gasteiger partial charge >= 0.3 is 0 Å². The Morgan fingerprint density at radius 2 is 2.03 bits per heavy atom. The van der Waals surface area contributed by atoms with Crippen LogP contribution >= 0.6 is 0 Å². The number of hydrogen-bond acceptors (Lipinski definition) is 7. The van der Waals surface area contributed by atoms with Gasteiger partial charge in [0.05, 0.1) is 17.6 Å². The van der Waals surface area contributed by atoms with Crippen molar-refractivity contribution in [3.8, 4) is 0 Å². The number of rotatable bonds is 3. The van der Waals surface area contributed by atoms with Crippen molar-refractivity contribution in [2.45, 2.75) is 39.5 Å². The molecule has 0 atom stereocenters. The van der Waals surface area contributed by atoms with E-state index in [-0.39, 0.29) is 5.41 Å². The number of aromatic nitrogens is 5. The van der Waals surface area contributed by atoms with Crippen LogP contribution in [0.5, 0.6) is 0 Å². The smallest absolute Gasteiger partial charge is 0.183 e. The van der Waals surface area contributed by atoms with E-state index in [2.05, 4.69) is 44.9 Å². The van der Waals surface area contributed by atoms with Gasteiger partial charge in [-0.15, -0.1) is 0 Å². The summed E-state index contributed by atoms with van der Waals surface area (Å²) in [6.45, 7) is 7.96. The molecule has 29 heavy (non-hydrogen) atoms. The van der Waals surface area contributed by atoms with Gasteiger partial charge in [-0.25, -0.2) is 9.97 Å². The maximum absolute atomic E-state index is 5.95. The predicted octanol–water partition coefficient (Wildman–Crippen LogP) is 2.71. The quantitative estimate of drug-likeness (QED) is 0.707. The highest BCUT2D eigenvalue weighted by molar-refractivity contribution is 5.88. The minimum Gasteiger partial charge on any atom is -0.355 e. The normalized spacial score (nSPS) is 18.9. The molecule has 0 bridgehead atoms. The van der Waals surface area contributed by atoms with E-state index in [9.17, 15) is 0 Å². The number of nitrogens with zero attached hydrogens (tertiary/aromatic N) is 6. The topological polar surface area (TPSA) is 99.9 Å². The highest BCUT2D eigenvalue weighted by atomic mass is 15.3. The van der Waals surface area contributed by atoms with Crippen molar-refractivity contribution < 1.29 is 0 Å². The number of aryl methyl sites for hydroxylation is 2. The van der Waals surface area contributed by atoms with E-state index in [4.69, 9.17) is 15.7 Å². The van der Waals surface area contributed by atoms with E-state index in [0.29, 0.717) is 0 Å². The highest BCUT2D eigenvalue weighted by Gasteiger charge is 2.30. The van der Waals surface area contributed by atoms with Crippen LogP contribution in [0, 0.1) is 12.3 Å². The third-order valence-electron chi connectivity index (χ3n) is 6.55. The standard InChI is InChI=1S/C21H28N8/c1-14-5-8-23-15-4-3-9-29(18(14)15)20-17-19(26-27-20)25-16(12-24-17)28-10-6-21(2,13-22)7-11-28/h5,8,12H,3-4,6-7,9-11,13,22H2,1-2H3,(H,25,26,27). The van der Waals surface area contributed by atoms with Gasteiger partial charge in [0.1, 0.15) is 5.82 Å². The first-order valence-electron chi connectivity index (χ1n) is 10.5. The van der Waals surface area contributed by atoms with E-state index in [1.165, 1.54) is 5.56 Å². The number of H-pyrrole nitrogens is 1. The molecule has 1 fully saturated rings. The Morgan fingerprint density at radius 3 is 2.83 bits per heavy atom. The molecular weight excluding hydrogens is 364 g/mol. The number of piperidine rings is 1. The van der Waals surface area contributed by atoms with E-state index in [1.54, 1.807) is 0 Å². The van der Waals surface area contributed by atoms with Crippen molar-refractivity contribution in [1.82, 2.24) is 25.1 Å². The van der Waals surface area contributed by atoms with Gasteiger partial charge in [-0.05, 0) is 56.2 Å². The molecule has 0 spiro atoms. The zero-order valence-corrected chi connectivity index (χ0v) is 17.1. The lowest BCUT2D eigenvalue weighted by Gasteiger charge is -2.39. The molecule has 0 aliphatic carbocycles. The summed E-state index contributed by atoms with van der Waals surface area (Å²) in [5.41, 5.74) is 11.2. The SMILES string of the molecule is Cc1ccnc2c1N(c1n[nH]c3nc(N4CCC(C)(CN)CC4)cnc13)CCC2. The van der Waals surface area contributed by atoms with Crippen LogP contribution in [0.3, 0.4) is 0 Å². The van der Waals surface area contributed by atoms with Crippen molar-refractivity contribution in [3.05, 3.63) is 29.7 Å². The average molecular weight is 393 g/mol. The van der Waals surface area contributed by atoms with Crippen LogP contribution in [-0.4, -0.2) is 51.3 Å². The summed E-state index contributed by atoms with van der Waals surface area (Å²) in [5.74, 6) is 1.74. The van der Waals surface area contributed by atoms with E-state index in [1.807, 2.05) is 12.4 Å². The number of nitrogens with two attached hydrogens (primary N) is 1. The number of fused-ring (bicyclic) bond motifs is 2. The Hall–Kier alpha value is -2.74. The van der Waals surface area contributed by atoms with Gasteiger partial charge in [-0.3, -0.25) is 10.1 Å². The maximum atomic E-state index is 5.95. The molecule has 5 rings (SSSR count). The van der Waals surface area contributed by atoms with Crippen LogP contribution in [0.1, 0.15) is 37.4 Å². The second kappa shape index (κ2) is 6.95. The first-order valence-corrected chi connectivity index (χ1v) is 10.5. The van der Waals surface area contributed by atoms with Gasteiger partial charge in [-0.1, -0.05) is 6.92 Å². The molecule has 3 N–H and O–H groups in total. The summed E-state index contributed by atoms with van der Waals surface area (Å²) < 4.78 is 0. The molecule has 2 aliphatic heterocycles. The van der Waals surface area contributed by atoms with Crippen molar-refractivity contribution in [3.63, 3.8) is 0 Å². The van der Waals surface area contributed by atoms with Crippen LogP contribution in [0.15, 0.2) is 18.5 Å². The van der Waals surface area contributed by atoms with Crippen LogP contribution in [0.2, 0.25) is 0 Å². The lowest BCUT2D eigenvalue weighted by molar-refractivity contribution is 0.258. The molecule has 0 amide bonds. The predicted molar refractivity (Wildman–Crippen MR) is 115 cm³/mol. The van der Waals surface area contributed by atoms with Gasteiger partial charge in [0.25, 0.3) is 0 Å². The molecule has 0 radical (unpaired) electrons. The average Bonchev–Trinajstić information content (AvgIpc) is 3.17. The van der Waals surface area contributed by atoms with Gasteiger partial charge in [0.15, 0.2) is 17.0 Å². The van der Waals surface area contributed by atoms with Crippen molar-refractivity contribution >= 4 is 28.5 Å². The number of hydrogen-bond donors (Lipinski definition) is 2. The zero-order chi connectivity index (χ0) is 20.0. The molecule has 8 heteroatoms. The zero-order valence-electron chi connectivity index (χ0n) is 17.1. The van der Waals surface area contributed by atoms with Gasteiger partial charge in [0, 0.05) is 25.8 Å². The van der Waals surface area contributed by atoms with Crippen molar-refractivity contribution in [2.24, 2.45) is 11.1 Å². The Bertz CT molecular complexity index is 1030. The molecule has 1 saturated heterocycles. The third kappa shape index (κ3) is 3.11. The molecule has 2 aliphatic rings. The van der Waals surface area contributed by atoms with Crippen LogP contribution in [-0.2, 0) is 6.42 Å². The number of pyridine rings is 1. The van der Waals surface area contributed by atoms with Gasteiger partial charge in [-0.2, -0.15) is 5.10 Å². The fraction of sp³-hybridized carbons (Fsp3) is 0.524. The van der Waals surface area contributed by atoms with Crippen LogP contribution in [0.4, 0.5) is 17.3 Å². The molecule has 5 heterocycles. The second-order valence-electron chi connectivity index (χ2n) is 8.65. The monoisotopic (exact) mass is 392 g/mol. The molecule has 0 unspecified atom stereocenters. The summed E-state index contributed by atoms with van der Waals surface area (Å²) in [4.78, 5) is 18.7. The van der Waals surface area contributed by atoms with E-state index in [0.717, 1.165) is 86.0 Å². The lowest BCUT2D eigenvalue weighted by atomic mass is 9.80.